The second kappa shape index (κ2) is 5.95. The van der Waals surface area contributed by atoms with Crippen molar-refractivity contribution in [2.24, 2.45) is 0 Å². The highest BCUT2D eigenvalue weighted by atomic mass is 16.3. The van der Waals surface area contributed by atoms with Gasteiger partial charge in [-0.1, -0.05) is 18.9 Å². The number of carbonyl (C=O) groups excluding carboxylic acids is 1. The average molecular weight is 170 g/mol. The largest absolute Gasteiger partial charge is 0.392 e. The van der Waals surface area contributed by atoms with Gasteiger partial charge in [0.05, 0.1) is 6.61 Å². The summed E-state index contributed by atoms with van der Waals surface area (Å²) < 4.78 is 0. The third kappa shape index (κ3) is 3.67. The van der Waals surface area contributed by atoms with Crippen LogP contribution in [0.4, 0.5) is 0 Å². The van der Waals surface area contributed by atoms with Crippen LogP contribution < -0.4 is 0 Å². The maximum Gasteiger partial charge on any atom is 0.161 e. The van der Waals surface area contributed by atoms with Crippen LogP contribution in [0.1, 0.15) is 40.0 Å². The summed E-state index contributed by atoms with van der Waals surface area (Å²) in [4.78, 5) is 11.4. The molecule has 0 aromatic carbocycles. The van der Waals surface area contributed by atoms with Crippen LogP contribution in [-0.2, 0) is 4.79 Å². The first-order valence-electron chi connectivity index (χ1n) is 4.43. The molecule has 0 amide bonds. The van der Waals surface area contributed by atoms with Crippen molar-refractivity contribution in [3.8, 4) is 0 Å². The molecule has 0 atom stereocenters. The SMILES string of the molecule is CCCCC(=O)C(CO)=C(C)C. The fourth-order valence-corrected chi connectivity index (χ4v) is 1.01. The number of hydrogen-bond donors (Lipinski definition) is 1. The van der Waals surface area contributed by atoms with E-state index in [1.54, 1.807) is 0 Å². The van der Waals surface area contributed by atoms with Crippen LogP contribution >= 0.6 is 0 Å². The van der Waals surface area contributed by atoms with E-state index in [0.29, 0.717) is 12.0 Å². The van der Waals surface area contributed by atoms with Crippen molar-refractivity contribution >= 4 is 5.78 Å². The van der Waals surface area contributed by atoms with E-state index < -0.39 is 0 Å². The minimum atomic E-state index is -0.120. The smallest absolute Gasteiger partial charge is 0.161 e. The van der Waals surface area contributed by atoms with E-state index >= 15 is 0 Å². The van der Waals surface area contributed by atoms with Crippen molar-refractivity contribution in [1.29, 1.82) is 0 Å². The second-order valence-electron chi connectivity index (χ2n) is 3.16. The maximum absolute atomic E-state index is 11.4. The lowest BCUT2D eigenvalue weighted by atomic mass is 10.0. The zero-order valence-electron chi connectivity index (χ0n) is 8.18. The summed E-state index contributed by atoms with van der Waals surface area (Å²) in [6, 6.07) is 0. The molecule has 0 radical (unpaired) electrons. The molecule has 0 aliphatic heterocycles. The van der Waals surface area contributed by atoms with Crippen molar-refractivity contribution in [2.45, 2.75) is 40.0 Å². The molecule has 0 rings (SSSR count). The molecule has 0 aromatic rings. The average Bonchev–Trinajstić information content (AvgIpc) is 2.01. The van der Waals surface area contributed by atoms with Crippen LogP contribution in [0.5, 0.6) is 0 Å². The summed E-state index contributed by atoms with van der Waals surface area (Å²) in [6.45, 7) is 5.64. The van der Waals surface area contributed by atoms with Crippen molar-refractivity contribution < 1.29 is 9.90 Å². The fraction of sp³-hybridized carbons (Fsp3) is 0.700. The molecule has 0 aliphatic rings. The Bertz CT molecular complexity index is 176. The number of aliphatic hydroxyl groups excluding tert-OH is 1. The van der Waals surface area contributed by atoms with Gasteiger partial charge < -0.3 is 5.11 Å². The maximum atomic E-state index is 11.4. The molecule has 12 heavy (non-hydrogen) atoms. The molecule has 0 unspecified atom stereocenters. The Balaban J connectivity index is 4.15. The second-order valence-corrected chi connectivity index (χ2v) is 3.16. The van der Waals surface area contributed by atoms with E-state index in [1.165, 1.54) is 0 Å². The number of unbranched alkanes of at least 4 members (excludes halogenated alkanes) is 1. The lowest BCUT2D eigenvalue weighted by Crippen LogP contribution is -2.07. The molecule has 0 spiro atoms. The Labute approximate surface area is 74.3 Å². The Morgan fingerprint density at radius 3 is 2.25 bits per heavy atom. The molecule has 0 aromatic heterocycles. The molecule has 2 nitrogen and oxygen atoms in total. The summed E-state index contributed by atoms with van der Waals surface area (Å²) in [5, 5.41) is 8.89. The highest BCUT2D eigenvalue weighted by Gasteiger charge is 2.08. The molecule has 2 heteroatoms. The van der Waals surface area contributed by atoms with Crippen molar-refractivity contribution in [3.63, 3.8) is 0 Å². The predicted octanol–water partition coefficient (Wildman–Crippen LogP) is 2.07. The van der Waals surface area contributed by atoms with E-state index in [-0.39, 0.29) is 12.4 Å². The number of aliphatic hydroxyl groups is 1. The van der Waals surface area contributed by atoms with Gasteiger partial charge in [-0.2, -0.15) is 0 Å². The Morgan fingerprint density at radius 1 is 1.33 bits per heavy atom. The lowest BCUT2D eigenvalue weighted by Gasteiger charge is -2.04. The van der Waals surface area contributed by atoms with Gasteiger partial charge in [0.25, 0.3) is 0 Å². The highest BCUT2D eigenvalue weighted by molar-refractivity contribution is 5.96. The third-order valence-corrected chi connectivity index (χ3v) is 1.86. The van der Waals surface area contributed by atoms with Crippen molar-refractivity contribution in [3.05, 3.63) is 11.1 Å². The van der Waals surface area contributed by atoms with Gasteiger partial charge in [0.2, 0.25) is 0 Å². The van der Waals surface area contributed by atoms with E-state index in [0.717, 1.165) is 18.4 Å². The van der Waals surface area contributed by atoms with Gasteiger partial charge in [-0.15, -0.1) is 0 Å². The first-order valence-corrected chi connectivity index (χ1v) is 4.43. The van der Waals surface area contributed by atoms with Gasteiger partial charge in [-0.05, 0) is 20.3 Å². The van der Waals surface area contributed by atoms with Gasteiger partial charge in [0.15, 0.2) is 5.78 Å². The number of allylic oxidation sites excluding steroid dienone is 1. The van der Waals surface area contributed by atoms with E-state index in [4.69, 9.17) is 5.11 Å². The first kappa shape index (κ1) is 11.4. The molecule has 0 bridgehead atoms. The van der Waals surface area contributed by atoms with Crippen LogP contribution in [0, 0.1) is 0 Å². The van der Waals surface area contributed by atoms with Gasteiger partial charge in [0, 0.05) is 12.0 Å². The van der Waals surface area contributed by atoms with Crippen LogP contribution in [0.3, 0.4) is 0 Å². The topological polar surface area (TPSA) is 37.3 Å². The normalized spacial score (nSPS) is 9.67. The molecule has 0 fully saturated rings. The van der Waals surface area contributed by atoms with Crippen molar-refractivity contribution in [2.75, 3.05) is 6.61 Å². The molecular weight excluding hydrogens is 152 g/mol. The number of rotatable bonds is 5. The highest BCUT2D eigenvalue weighted by Crippen LogP contribution is 2.08. The molecule has 0 saturated carbocycles. The van der Waals surface area contributed by atoms with Crippen LogP contribution in [-0.4, -0.2) is 17.5 Å². The molecule has 70 valence electrons. The Morgan fingerprint density at radius 2 is 1.92 bits per heavy atom. The molecule has 1 N–H and O–H groups in total. The minimum Gasteiger partial charge on any atom is -0.392 e. The standard InChI is InChI=1S/C10H18O2/c1-4-5-6-10(12)9(7-11)8(2)3/h11H,4-7H2,1-3H3. The summed E-state index contributed by atoms with van der Waals surface area (Å²) in [6.07, 6.45) is 2.50. The summed E-state index contributed by atoms with van der Waals surface area (Å²) in [5.74, 6) is 0.0966. The van der Waals surface area contributed by atoms with Crippen LogP contribution in [0.25, 0.3) is 0 Å². The van der Waals surface area contributed by atoms with Crippen LogP contribution in [0.15, 0.2) is 11.1 Å². The molecule has 0 aliphatic carbocycles. The monoisotopic (exact) mass is 170 g/mol. The van der Waals surface area contributed by atoms with E-state index in [1.807, 2.05) is 13.8 Å². The number of carbonyl (C=O) groups is 1. The Kier molecular flexibility index (Phi) is 5.64. The summed E-state index contributed by atoms with van der Waals surface area (Å²) in [7, 11) is 0. The summed E-state index contributed by atoms with van der Waals surface area (Å²) >= 11 is 0. The fourth-order valence-electron chi connectivity index (χ4n) is 1.01. The number of hydrogen-bond acceptors (Lipinski definition) is 2. The lowest BCUT2D eigenvalue weighted by molar-refractivity contribution is -0.116. The predicted molar refractivity (Wildman–Crippen MR) is 50.0 cm³/mol. The van der Waals surface area contributed by atoms with Gasteiger partial charge >= 0.3 is 0 Å². The van der Waals surface area contributed by atoms with E-state index in [9.17, 15) is 4.79 Å². The van der Waals surface area contributed by atoms with Gasteiger partial charge in [-0.25, -0.2) is 0 Å². The Hall–Kier alpha value is -0.630. The van der Waals surface area contributed by atoms with Crippen molar-refractivity contribution in [1.82, 2.24) is 0 Å². The van der Waals surface area contributed by atoms with Crippen LogP contribution in [0.2, 0.25) is 0 Å². The van der Waals surface area contributed by atoms with Gasteiger partial charge in [0.1, 0.15) is 0 Å². The first-order chi connectivity index (χ1) is 5.63. The molecular formula is C10H18O2. The quantitative estimate of drug-likeness (QED) is 0.641. The summed E-state index contributed by atoms with van der Waals surface area (Å²) in [5.41, 5.74) is 1.52. The third-order valence-electron chi connectivity index (χ3n) is 1.86. The molecule has 0 heterocycles. The van der Waals surface area contributed by atoms with Gasteiger partial charge in [-0.3, -0.25) is 4.79 Å². The minimum absolute atomic E-state index is 0.0966. The molecule has 0 saturated heterocycles. The van der Waals surface area contributed by atoms with E-state index in [2.05, 4.69) is 6.92 Å². The zero-order chi connectivity index (χ0) is 9.56. The zero-order valence-corrected chi connectivity index (χ0v) is 8.18. The number of Topliss-reactive ketones (excluding diaryl/α,β-unsaturated/α-hetero) is 1. The number of ketones is 1.